The molecular formula is C13H19NO2S. The Kier molecular flexibility index (Phi) is 5.91. The Balaban J connectivity index is 2.39. The number of carbonyl (C=O) groups is 1. The quantitative estimate of drug-likeness (QED) is 0.792. The summed E-state index contributed by atoms with van der Waals surface area (Å²) >= 11 is 1.53. The fraction of sp³-hybridized carbons (Fsp3) is 0.462. The maximum atomic E-state index is 11.4. The van der Waals surface area contributed by atoms with Crippen LogP contribution < -0.4 is 10.1 Å². The summed E-state index contributed by atoms with van der Waals surface area (Å²) in [6.07, 6.45) is 0. The highest BCUT2D eigenvalue weighted by Crippen LogP contribution is 2.21. The Morgan fingerprint density at radius 2 is 2.00 bits per heavy atom. The van der Waals surface area contributed by atoms with Crippen LogP contribution in [0.3, 0.4) is 0 Å². The summed E-state index contributed by atoms with van der Waals surface area (Å²) in [6, 6.07) is 7.98. The van der Waals surface area contributed by atoms with E-state index in [-0.39, 0.29) is 11.9 Å². The van der Waals surface area contributed by atoms with Gasteiger partial charge in [-0.3, -0.25) is 4.79 Å². The molecule has 0 spiro atoms. The van der Waals surface area contributed by atoms with Crippen molar-refractivity contribution in [1.29, 1.82) is 0 Å². The first-order valence-electron chi connectivity index (χ1n) is 5.77. The topological polar surface area (TPSA) is 38.3 Å². The normalized spacial score (nSPS) is 10.4. The number of hydrogen-bond acceptors (Lipinski definition) is 3. The van der Waals surface area contributed by atoms with Crippen molar-refractivity contribution < 1.29 is 9.53 Å². The van der Waals surface area contributed by atoms with Crippen LogP contribution in [0, 0.1) is 0 Å². The van der Waals surface area contributed by atoms with Crippen LogP contribution in [0.4, 0.5) is 0 Å². The molecule has 0 saturated carbocycles. The molecule has 0 radical (unpaired) electrons. The van der Waals surface area contributed by atoms with Crippen LogP contribution in [-0.4, -0.2) is 24.3 Å². The van der Waals surface area contributed by atoms with E-state index in [1.54, 1.807) is 0 Å². The zero-order chi connectivity index (χ0) is 12.7. The Morgan fingerprint density at radius 1 is 1.35 bits per heavy atom. The molecule has 0 fully saturated rings. The Bertz CT molecular complexity index is 349. The summed E-state index contributed by atoms with van der Waals surface area (Å²) < 4.78 is 5.35. The highest BCUT2D eigenvalue weighted by atomic mass is 32.2. The molecule has 1 aromatic rings. The van der Waals surface area contributed by atoms with Crippen molar-refractivity contribution in [1.82, 2.24) is 5.32 Å². The van der Waals surface area contributed by atoms with Gasteiger partial charge in [-0.15, -0.1) is 11.8 Å². The van der Waals surface area contributed by atoms with E-state index in [4.69, 9.17) is 4.74 Å². The van der Waals surface area contributed by atoms with Gasteiger partial charge >= 0.3 is 0 Å². The Labute approximate surface area is 107 Å². The van der Waals surface area contributed by atoms with E-state index in [1.165, 1.54) is 11.8 Å². The van der Waals surface area contributed by atoms with E-state index >= 15 is 0 Å². The average molecular weight is 253 g/mol. The smallest absolute Gasteiger partial charge is 0.230 e. The monoisotopic (exact) mass is 253 g/mol. The minimum atomic E-state index is 0.0684. The number of carbonyl (C=O) groups excluding carboxylic acids is 1. The maximum Gasteiger partial charge on any atom is 0.230 e. The molecule has 0 aromatic heterocycles. The predicted octanol–water partition coefficient (Wildman–Crippen LogP) is 2.70. The van der Waals surface area contributed by atoms with Gasteiger partial charge in [0.1, 0.15) is 5.75 Å². The molecule has 4 heteroatoms. The molecule has 0 aliphatic rings. The second-order valence-corrected chi connectivity index (χ2v) is 4.96. The molecule has 1 amide bonds. The molecule has 1 rings (SSSR count). The van der Waals surface area contributed by atoms with Crippen LogP contribution in [0.15, 0.2) is 29.2 Å². The van der Waals surface area contributed by atoms with Crippen molar-refractivity contribution >= 4 is 17.7 Å². The molecule has 17 heavy (non-hydrogen) atoms. The fourth-order valence-corrected chi connectivity index (χ4v) is 2.02. The molecule has 0 unspecified atom stereocenters. The molecule has 0 bridgehead atoms. The lowest BCUT2D eigenvalue weighted by molar-refractivity contribution is -0.119. The van der Waals surface area contributed by atoms with Crippen molar-refractivity contribution in [2.75, 3.05) is 12.4 Å². The van der Waals surface area contributed by atoms with Crippen LogP contribution in [0.2, 0.25) is 0 Å². The lowest BCUT2D eigenvalue weighted by Crippen LogP contribution is -2.31. The number of hydrogen-bond donors (Lipinski definition) is 1. The molecule has 0 aliphatic carbocycles. The SMILES string of the molecule is CCOc1ccc(SCC(=O)NC(C)C)cc1. The summed E-state index contributed by atoms with van der Waals surface area (Å²) in [5.74, 6) is 1.38. The van der Waals surface area contributed by atoms with Gasteiger partial charge in [-0.05, 0) is 45.0 Å². The summed E-state index contributed by atoms with van der Waals surface area (Å²) in [5.41, 5.74) is 0. The summed E-state index contributed by atoms with van der Waals surface area (Å²) in [7, 11) is 0. The molecule has 1 aromatic carbocycles. The maximum absolute atomic E-state index is 11.4. The molecule has 0 aliphatic heterocycles. The number of benzene rings is 1. The van der Waals surface area contributed by atoms with Gasteiger partial charge in [-0.25, -0.2) is 0 Å². The van der Waals surface area contributed by atoms with Gasteiger partial charge in [0, 0.05) is 10.9 Å². The molecular weight excluding hydrogens is 234 g/mol. The zero-order valence-electron chi connectivity index (χ0n) is 10.5. The van der Waals surface area contributed by atoms with Gasteiger partial charge in [0.05, 0.1) is 12.4 Å². The largest absolute Gasteiger partial charge is 0.494 e. The molecule has 3 nitrogen and oxygen atoms in total. The first-order chi connectivity index (χ1) is 8.11. The van der Waals surface area contributed by atoms with Crippen molar-refractivity contribution in [3.8, 4) is 5.75 Å². The molecule has 0 saturated heterocycles. The predicted molar refractivity (Wildman–Crippen MR) is 71.6 cm³/mol. The van der Waals surface area contributed by atoms with Crippen LogP contribution in [0.25, 0.3) is 0 Å². The van der Waals surface area contributed by atoms with E-state index in [0.29, 0.717) is 12.4 Å². The number of amides is 1. The first-order valence-corrected chi connectivity index (χ1v) is 6.75. The van der Waals surface area contributed by atoms with Gasteiger partial charge in [0.25, 0.3) is 0 Å². The third kappa shape index (κ3) is 5.63. The second kappa shape index (κ2) is 7.22. The number of nitrogens with one attached hydrogen (secondary N) is 1. The van der Waals surface area contributed by atoms with E-state index in [0.717, 1.165) is 10.6 Å². The first kappa shape index (κ1) is 13.9. The minimum Gasteiger partial charge on any atom is -0.494 e. The lowest BCUT2D eigenvalue weighted by Gasteiger charge is -2.08. The minimum absolute atomic E-state index is 0.0684. The summed E-state index contributed by atoms with van der Waals surface area (Å²) in [5, 5.41) is 2.86. The van der Waals surface area contributed by atoms with Gasteiger partial charge in [-0.2, -0.15) is 0 Å². The Hall–Kier alpha value is -1.16. The lowest BCUT2D eigenvalue weighted by atomic mass is 10.3. The number of ether oxygens (including phenoxy) is 1. The summed E-state index contributed by atoms with van der Waals surface area (Å²) in [6.45, 7) is 6.54. The van der Waals surface area contributed by atoms with Crippen LogP contribution >= 0.6 is 11.8 Å². The van der Waals surface area contributed by atoms with E-state index in [1.807, 2.05) is 45.0 Å². The van der Waals surface area contributed by atoms with Crippen molar-refractivity contribution in [3.63, 3.8) is 0 Å². The highest BCUT2D eigenvalue weighted by molar-refractivity contribution is 8.00. The third-order valence-electron chi connectivity index (χ3n) is 1.95. The number of rotatable bonds is 6. The van der Waals surface area contributed by atoms with Crippen molar-refractivity contribution in [2.24, 2.45) is 0 Å². The molecule has 0 atom stereocenters. The van der Waals surface area contributed by atoms with Gasteiger partial charge in [0.15, 0.2) is 0 Å². The van der Waals surface area contributed by atoms with E-state index < -0.39 is 0 Å². The second-order valence-electron chi connectivity index (χ2n) is 3.92. The summed E-state index contributed by atoms with van der Waals surface area (Å²) in [4.78, 5) is 12.5. The Morgan fingerprint density at radius 3 is 2.53 bits per heavy atom. The standard InChI is InChI=1S/C13H19NO2S/c1-4-16-11-5-7-12(8-6-11)17-9-13(15)14-10(2)3/h5-8,10H,4,9H2,1-3H3,(H,14,15). The van der Waals surface area contributed by atoms with Crippen LogP contribution in [-0.2, 0) is 4.79 Å². The molecule has 94 valence electrons. The average Bonchev–Trinajstić information content (AvgIpc) is 2.28. The molecule has 0 heterocycles. The van der Waals surface area contributed by atoms with Crippen LogP contribution in [0.5, 0.6) is 5.75 Å². The van der Waals surface area contributed by atoms with E-state index in [2.05, 4.69) is 5.32 Å². The third-order valence-corrected chi connectivity index (χ3v) is 2.97. The van der Waals surface area contributed by atoms with Crippen molar-refractivity contribution in [3.05, 3.63) is 24.3 Å². The zero-order valence-corrected chi connectivity index (χ0v) is 11.3. The van der Waals surface area contributed by atoms with Gasteiger partial charge < -0.3 is 10.1 Å². The fourth-order valence-electron chi connectivity index (χ4n) is 1.31. The van der Waals surface area contributed by atoms with Gasteiger partial charge in [-0.1, -0.05) is 0 Å². The van der Waals surface area contributed by atoms with Crippen molar-refractivity contribution in [2.45, 2.75) is 31.7 Å². The molecule has 1 N–H and O–H groups in total. The van der Waals surface area contributed by atoms with Crippen LogP contribution in [0.1, 0.15) is 20.8 Å². The van der Waals surface area contributed by atoms with E-state index in [9.17, 15) is 4.79 Å². The number of thioether (sulfide) groups is 1. The van der Waals surface area contributed by atoms with Gasteiger partial charge in [0.2, 0.25) is 5.91 Å². The highest BCUT2D eigenvalue weighted by Gasteiger charge is 2.04.